The third-order valence-corrected chi connectivity index (χ3v) is 2.79. The molecule has 1 aliphatic rings. The van der Waals surface area contributed by atoms with E-state index in [0.29, 0.717) is 13.0 Å². The molecule has 2 rings (SSSR count). The standard InChI is InChI=1S/C12H12F2N2O2/c13-10-2-1-3-11(14)9(10)6-15-12(18)16-5-4-8(17)7-16/h1-3H,4-7H2,(H,15,18). The van der Waals surface area contributed by atoms with Crippen LogP contribution in [0, 0.1) is 11.6 Å². The number of nitrogens with zero attached hydrogens (tertiary/aromatic N) is 1. The molecule has 0 bridgehead atoms. The lowest BCUT2D eigenvalue weighted by Crippen LogP contribution is -2.38. The molecule has 1 fully saturated rings. The molecule has 0 saturated carbocycles. The molecule has 0 spiro atoms. The maximum atomic E-state index is 13.3. The van der Waals surface area contributed by atoms with Gasteiger partial charge in [-0.25, -0.2) is 13.6 Å². The molecule has 4 nitrogen and oxygen atoms in total. The second-order valence-corrected chi connectivity index (χ2v) is 4.07. The van der Waals surface area contributed by atoms with E-state index in [-0.39, 0.29) is 24.4 Å². The van der Waals surface area contributed by atoms with Crippen LogP contribution in [0.25, 0.3) is 0 Å². The zero-order valence-corrected chi connectivity index (χ0v) is 9.58. The average Bonchev–Trinajstić information content (AvgIpc) is 2.75. The summed E-state index contributed by atoms with van der Waals surface area (Å²) in [5.41, 5.74) is -0.184. The normalized spacial score (nSPS) is 15.0. The van der Waals surface area contributed by atoms with Crippen molar-refractivity contribution < 1.29 is 18.4 Å². The van der Waals surface area contributed by atoms with Crippen LogP contribution in [-0.4, -0.2) is 29.8 Å². The van der Waals surface area contributed by atoms with Crippen molar-refractivity contribution in [2.45, 2.75) is 13.0 Å². The maximum absolute atomic E-state index is 13.3. The van der Waals surface area contributed by atoms with Crippen LogP contribution in [0.5, 0.6) is 0 Å². The fourth-order valence-corrected chi connectivity index (χ4v) is 1.78. The molecule has 18 heavy (non-hydrogen) atoms. The Kier molecular flexibility index (Phi) is 3.55. The number of nitrogens with one attached hydrogen (secondary N) is 1. The van der Waals surface area contributed by atoms with Gasteiger partial charge >= 0.3 is 6.03 Å². The first-order valence-corrected chi connectivity index (χ1v) is 5.55. The largest absolute Gasteiger partial charge is 0.334 e. The first-order chi connectivity index (χ1) is 8.58. The topological polar surface area (TPSA) is 49.4 Å². The number of amides is 2. The highest BCUT2D eigenvalue weighted by atomic mass is 19.1. The van der Waals surface area contributed by atoms with Crippen molar-refractivity contribution >= 4 is 11.8 Å². The second kappa shape index (κ2) is 5.12. The number of benzene rings is 1. The molecule has 0 aromatic heterocycles. The van der Waals surface area contributed by atoms with Crippen molar-refractivity contribution in [1.82, 2.24) is 10.2 Å². The Morgan fingerprint density at radius 1 is 1.33 bits per heavy atom. The van der Waals surface area contributed by atoms with E-state index >= 15 is 0 Å². The number of likely N-dealkylation sites (tertiary alicyclic amines) is 1. The molecule has 1 N–H and O–H groups in total. The Balaban J connectivity index is 1.95. The summed E-state index contributed by atoms with van der Waals surface area (Å²) in [6.07, 6.45) is 0.335. The van der Waals surface area contributed by atoms with Gasteiger partial charge in [0.25, 0.3) is 0 Å². The Morgan fingerprint density at radius 3 is 2.56 bits per heavy atom. The van der Waals surface area contributed by atoms with Crippen molar-refractivity contribution in [3.8, 4) is 0 Å². The summed E-state index contributed by atoms with van der Waals surface area (Å²) in [6, 6.07) is 3.03. The second-order valence-electron chi connectivity index (χ2n) is 4.07. The predicted octanol–water partition coefficient (Wildman–Crippen LogP) is 1.45. The van der Waals surface area contributed by atoms with Crippen LogP contribution in [-0.2, 0) is 11.3 Å². The van der Waals surface area contributed by atoms with Gasteiger partial charge in [-0.2, -0.15) is 0 Å². The number of hydrogen-bond donors (Lipinski definition) is 1. The molecule has 2 amide bonds. The molecule has 0 radical (unpaired) electrons. The molecule has 0 atom stereocenters. The van der Waals surface area contributed by atoms with E-state index in [0.717, 1.165) is 12.1 Å². The van der Waals surface area contributed by atoms with Crippen molar-refractivity contribution in [2.24, 2.45) is 0 Å². The van der Waals surface area contributed by atoms with E-state index in [9.17, 15) is 18.4 Å². The first kappa shape index (κ1) is 12.5. The molecule has 0 aliphatic carbocycles. The van der Waals surface area contributed by atoms with E-state index in [4.69, 9.17) is 0 Å². The van der Waals surface area contributed by atoms with Crippen LogP contribution in [0.4, 0.5) is 13.6 Å². The molecule has 1 aromatic rings. The lowest BCUT2D eigenvalue weighted by molar-refractivity contribution is -0.116. The SMILES string of the molecule is O=C1CCN(C(=O)NCc2c(F)cccc2F)C1. The molecular weight excluding hydrogens is 242 g/mol. The van der Waals surface area contributed by atoms with Gasteiger partial charge in [0.2, 0.25) is 0 Å². The number of Topliss-reactive ketones (excluding diaryl/α,β-unsaturated/α-hetero) is 1. The summed E-state index contributed by atoms with van der Waals surface area (Å²) >= 11 is 0. The molecule has 6 heteroatoms. The summed E-state index contributed by atoms with van der Waals surface area (Å²) in [4.78, 5) is 23.9. The number of hydrogen-bond acceptors (Lipinski definition) is 2. The van der Waals surface area contributed by atoms with E-state index in [1.54, 1.807) is 0 Å². The number of halogens is 2. The lowest BCUT2D eigenvalue weighted by Gasteiger charge is -2.15. The van der Waals surface area contributed by atoms with Gasteiger partial charge in [-0.05, 0) is 12.1 Å². The quantitative estimate of drug-likeness (QED) is 0.868. The molecule has 1 saturated heterocycles. The van der Waals surface area contributed by atoms with Gasteiger partial charge in [0.1, 0.15) is 11.6 Å². The van der Waals surface area contributed by atoms with Crippen molar-refractivity contribution in [2.75, 3.05) is 13.1 Å². The van der Waals surface area contributed by atoms with Crippen molar-refractivity contribution in [1.29, 1.82) is 0 Å². The molecule has 0 unspecified atom stereocenters. The van der Waals surface area contributed by atoms with Crippen LogP contribution < -0.4 is 5.32 Å². The highest BCUT2D eigenvalue weighted by molar-refractivity contribution is 5.88. The van der Waals surface area contributed by atoms with Gasteiger partial charge in [-0.3, -0.25) is 4.79 Å². The van der Waals surface area contributed by atoms with Crippen molar-refractivity contribution in [3.63, 3.8) is 0 Å². The van der Waals surface area contributed by atoms with Crippen LogP contribution in [0.1, 0.15) is 12.0 Å². The van der Waals surface area contributed by atoms with Gasteiger partial charge in [0.15, 0.2) is 5.78 Å². The number of carbonyl (C=O) groups is 2. The Hall–Kier alpha value is -1.98. The van der Waals surface area contributed by atoms with Gasteiger partial charge in [0, 0.05) is 18.5 Å². The first-order valence-electron chi connectivity index (χ1n) is 5.55. The van der Waals surface area contributed by atoms with Crippen molar-refractivity contribution in [3.05, 3.63) is 35.4 Å². The molecule has 96 valence electrons. The van der Waals surface area contributed by atoms with E-state index < -0.39 is 17.7 Å². The molecule has 1 aromatic carbocycles. The summed E-state index contributed by atoms with van der Waals surface area (Å²) < 4.78 is 26.6. The zero-order chi connectivity index (χ0) is 13.1. The maximum Gasteiger partial charge on any atom is 0.318 e. The lowest BCUT2D eigenvalue weighted by atomic mass is 10.2. The zero-order valence-electron chi connectivity index (χ0n) is 9.58. The average molecular weight is 254 g/mol. The van der Waals surface area contributed by atoms with Gasteiger partial charge < -0.3 is 10.2 Å². The van der Waals surface area contributed by atoms with E-state index in [1.165, 1.54) is 11.0 Å². The van der Waals surface area contributed by atoms with Crippen LogP contribution in [0.15, 0.2) is 18.2 Å². The fraction of sp³-hybridized carbons (Fsp3) is 0.333. The van der Waals surface area contributed by atoms with Gasteiger partial charge in [0.05, 0.1) is 13.1 Å². The summed E-state index contributed by atoms with van der Waals surface area (Å²) in [6.45, 7) is 0.179. The number of carbonyl (C=O) groups excluding carboxylic acids is 2. The van der Waals surface area contributed by atoms with Crippen LogP contribution in [0.2, 0.25) is 0 Å². The fourth-order valence-electron chi connectivity index (χ4n) is 1.78. The Bertz CT molecular complexity index is 471. The molecule has 1 aliphatic heterocycles. The predicted molar refractivity (Wildman–Crippen MR) is 59.8 cm³/mol. The Morgan fingerprint density at radius 2 is 2.00 bits per heavy atom. The number of urea groups is 1. The third kappa shape index (κ3) is 2.64. The summed E-state index contributed by atoms with van der Waals surface area (Å²) in [5, 5.41) is 2.40. The summed E-state index contributed by atoms with van der Waals surface area (Å²) in [7, 11) is 0. The number of rotatable bonds is 2. The molecule has 1 heterocycles. The minimum absolute atomic E-state index is 0.0118. The minimum Gasteiger partial charge on any atom is -0.334 e. The summed E-state index contributed by atoms with van der Waals surface area (Å²) in [5.74, 6) is -1.41. The van der Waals surface area contributed by atoms with Gasteiger partial charge in [-0.1, -0.05) is 6.07 Å². The van der Waals surface area contributed by atoms with Gasteiger partial charge in [-0.15, -0.1) is 0 Å². The number of ketones is 1. The van der Waals surface area contributed by atoms with E-state index in [1.807, 2.05) is 0 Å². The highest BCUT2D eigenvalue weighted by Crippen LogP contribution is 2.12. The van der Waals surface area contributed by atoms with Crippen LogP contribution >= 0.6 is 0 Å². The van der Waals surface area contributed by atoms with E-state index in [2.05, 4.69) is 5.32 Å². The molecular formula is C12H12F2N2O2. The Labute approximate surface area is 103 Å². The minimum atomic E-state index is -0.701. The van der Waals surface area contributed by atoms with Crippen LogP contribution in [0.3, 0.4) is 0 Å². The highest BCUT2D eigenvalue weighted by Gasteiger charge is 2.23. The smallest absolute Gasteiger partial charge is 0.318 e. The third-order valence-electron chi connectivity index (χ3n) is 2.79. The monoisotopic (exact) mass is 254 g/mol.